The van der Waals surface area contributed by atoms with Crippen LogP contribution in [0.3, 0.4) is 0 Å². The number of hydrogen-bond donors (Lipinski definition) is 0. The van der Waals surface area contributed by atoms with Gasteiger partial charge < -0.3 is 9.80 Å². The van der Waals surface area contributed by atoms with Gasteiger partial charge in [-0.25, -0.2) is 0 Å². The Labute approximate surface area is 390 Å². The van der Waals surface area contributed by atoms with Gasteiger partial charge in [0.15, 0.2) is 0 Å². The normalized spacial score (nSPS) is 14.6. The van der Waals surface area contributed by atoms with Gasteiger partial charge in [-0.05, 0) is 132 Å². The van der Waals surface area contributed by atoms with Crippen LogP contribution in [0.25, 0.3) is 66.4 Å². The maximum atomic E-state index is 2.47. The van der Waals surface area contributed by atoms with Gasteiger partial charge >= 0.3 is 0 Å². The standard InChI is InChI=1S/C65H42N2/c1-3-20-44(21-4-1)66(47-36-38-55-51-27-11-10-26-50(51)54-30-15-18-34-62(54)67(63(55)42-47)45-22-5-2-6-23-45)46-37-40-60-57(41-46)52-28-12-9-25-49(52)53-29-13-16-32-58(53)65(60)59-33-17-14-31-56(59)64-48-24-8-7-19-43(48)35-39-61(64)65/h1-42H. The molecule has 1 heterocycles. The van der Waals surface area contributed by atoms with Crippen LogP contribution in [0.2, 0.25) is 0 Å². The van der Waals surface area contributed by atoms with Crippen LogP contribution in [-0.4, -0.2) is 0 Å². The zero-order valence-electron chi connectivity index (χ0n) is 36.6. The molecule has 1 aliphatic heterocycles. The molecule has 0 saturated heterocycles. The first-order valence-corrected chi connectivity index (χ1v) is 23.3. The Kier molecular flexibility index (Phi) is 8.23. The first-order valence-electron chi connectivity index (χ1n) is 23.3. The summed E-state index contributed by atoms with van der Waals surface area (Å²) in [5.74, 6) is 0. The van der Waals surface area contributed by atoms with E-state index in [0.29, 0.717) is 0 Å². The predicted molar refractivity (Wildman–Crippen MR) is 279 cm³/mol. The van der Waals surface area contributed by atoms with E-state index in [9.17, 15) is 0 Å². The van der Waals surface area contributed by atoms with E-state index in [0.717, 1.165) is 34.1 Å². The molecule has 0 aromatic heterocycles. The second-order valence-corrected chi connectivity index (χ2v) is 17.9. The van der Waals surface area contributed by atoms with Crippen LogP contribution in [0.5, 0.6) is 0 Å². The highest BCUT2D eigenvalue weighted by atomic mass is 15.2. The number of fused-ring (bicyclic) bond motifs is 19. The van der Waals surface area contributed by atoms with Crippen LogP contribution in [0, 0.1) is 0 Å². The van der Waals surface area contributed by atoms with Crippen molar-refractivity contribution in [1.82, 2.24) is 0 Å². The highest BCUT2D eigenvalue weighted by molar-refractivity contribution is 6.07. The van der Waals surface area contributed by atoms with E-state index in [2.05, 4.69) is 265 Å². The number of anilines is 6. The zero-order valence-corrected chi connectivity index (χ0v) is 36.6. The summed E-state index contributed by atoms with van der Waals surface area (Å²) in [6, 6.07) is 94.7. The largest absolute Gasteiger partial charge is 0.310 e. The topological polar surface area (TPSA) is 6.48 Å². The van der Waals surface area contributed by atoms with Crippen molar-refractivity contribution in [1.29, 1.82) is 0 Å². The van der Waals surface area contributed by atoms with E-state index in [4.69, 9.17) is 0 Å². The van der Waals surface area contributed by atoms with Gasteiger partial charge in [-0.3, -0.25) is 0 Å². The Balaban J connectivity index is 1.05. The van der Waals surface area contributed by atoms with E-state index in [1.54, 1.807) is 0 Å². The van der Waals surface area contributed by atoms with Crippen molar-refractivity contribution in [3.8, 4) is 55.6 Å². The van der Waals surface area contributed by atoms with Gasteiger partial charge in [-0.15, -0.1) is 0 Å². The van der Waals surface area contributed by atoms with Crippen LogP contribution in [0.4, 0.5) is 34.1 Å². The molecule has 0 radical (unpaired) electrons. The molecule has 1 spiro atoms. The van der Waals surface area contributed by atoms with Crippen molar-refractivity contribution >= 4 is 44.9 Å². The fraction of sp³-hybridized carbons (Fsp3) is 0.0154. The summed E-state index contributed by atoms with van der Waals surface area (Å²) in [5.41, 5.74) is 23.7. The van der Waals surface area contributed by atoms with Gasteiger partial charge in [0, 0.05) is 33.9 Å². The van der Waals surface area contributed by atoms with Crippen LogP contribution >= 0.6 is 0 Å². The fourth-order valence-corrected chi connectivity index (χ4v) is 11.9. The minimum Gasteiger partial charge on any atom is -0.310 e. The van der Waals surface area contributed by atoms with E-state index in [1.165, 1.54) is 88.7 Å². The van der Waals surface area contributed by atoms with Gasteiger partial charge in [0.05, 0.1) is 16.8 Å². The summed E-state index contributed by atoms with van der Waals surface area (Å²) in [6.45, 7) is 0. The average molecular weight is 851 g/mol. The van der Waals surface area contributed by atoms with E-state index >= 15 is 0 Å². The van der Waals surface area contributed by atoms with Gasteiger partial charge in [-0.1, -0.05) is 200 Å². The molecule has 0 fully saturated rings. The molecule has 0 bridgehead atoms. The van der Waals surface area contributed by atoms with Gasteiger partial charge in [0.2, 0.25) is 0 Å². The highest BCUT2D eigenvalue weighted by Crippen LogP contribution is 2.63. The first-order chi connectivity index (χ1) is 33.3. The minimum absolute atomic E-state index is 0.585. The van der Waals surface area contributed by atoms with Crippen molar-refractivity contribution in [3.63, 3.8) is 0 Å². The maximum absolute atomic E-state index is 2.47. The zero-order chi connectivity index (χ0) is 44.1. The predicted octanol–water partition coefficient (Wildman–Crippen LogP) is 17.4. The molecule has 11 aromatic carbocycles. The lowest BCUT2D eigenvalue weighted by molar-refractivity contribution is 0.776. The fourth-order valence-electron chi connectivity index (χ4n) is 11.9. The third-order valence-electron chi connectivity index (χ3n) is 14.6. The lowest BCUT2D eigenvalue weighted by Crippen LogP contribution is -2.29. The summed E-state index contributed by atoms with van der Waals surface area (Å²) >= 11 is 0. The number of nitrogens with zero attached hydrogens (tertiary/aromatic N) is 2. The summed E-state index contributed by atoms with van der Waals surface area (Å²) in [7, 11) is 0. The monoisotopic (exact) mass is 850 g/mol. The van der Waals surface area contributed by atoms with Crippen molar-refractivity contribution < 1.29 is 0 Å². The van der Waals surface area contributed by atoms with Crippen LogP contribution in [-0.2, 0) is 5.41 Å². The molecular formula is C65H42N2. The summed E-state index contributed by atoms with van der Waals surface area (Å²) in [4.78, 5) is 4.90. The van der Waals surface area contributed by atoms with Crippen molar-refractivity contribution in [2.45, 2.75) is 5.41 Å². The molecule has 1 unspecified atom stereocenters. The molecule has 2 aliphatic carbocycles. The minimum atomic E-state index is -0.585. The summed E-state index contributed by atoms with van der Waals surface area (Å²) < 4.78 is 0. The molecule has 3 aliphatic rings. The lowest BCUT2D eigenvalue weighted by Gasteiger charge is -2.36. The maximum Gasteiger partial charge on any atom is 0.0725 e. The van der Waals surface area contributed by atoms with E-state index < -0.39 is 5.41 Å². The quantitative estimate of drug-likeness (QED) is 0.174. The van der Waals surface area contributed by atoms with Gasteiger partial charge in [0.25, 0.3) is 0 Å². The van der Waals surface area contributed by atoms with Crippen molar-refractivity contribution in [2.24, 2.45) is 0 Å². The Bertz CT molecular complexity index is 3780. The first kappa shape index (κ1) is 37.6. The number of hydrogen-bond acceptors (Lipinski definition) is 2. The second-order valence-electron chi connectivity index (χ2n) is 17.9. The summed E-state index contributed by atoms with van der Waals surface area (Å²) in [5, 5.41) is 2.54. The molecule has 11 aromatic rings. The van der Waals surface area contributed by atoms with Crippen LogP contribution in [0.15, 0.2) is 255 Å². The molecule has 67 heavy (non-hydrogen) atoms. The Morgan fingerprint density at radius 1 is 0.284 bits per heavy atom. The number of benzene rings is 11. The van der Waals surface area contributed by atoms with E-state index in [-0.39, 0.29) is 0 Å². The average Bonchev–Trinajstić information content (AvgIpc) is 3.57. The number of para-hydroxylation sites is 3. The van der Waals surface area contributed by atoms with Crippen molar-refractivity contribution in [2.75, 3.05) is 9.80 Å². The smallest absolute Gasteiger partial charge is 0.0725 e. The molecule has 2 nitrogen and oxygen atoms in total. The van der Waals surface area contributed by atoms with E-state index in [1.807, 2.05) is 0 Å². The molecule has 2 heteroatoms. The summed E-state index contributed by atoms with van der Waals surface area (Å²) in [6.07, 6.45) is 0. The molecule has 1 atom stereocenters. The van der Waals surface area contributed by atoms with Gasteiger partial charge in [-0.2, -0.15) is 0 Å². The Morgan fingerprint density at radius 2 is 0.776 bits per heavy atom. The van der Waals surface area contributed by atoms with Crippen LogP contribution in [0.1, 0.15) is 22.3 Å². The van der Waals surface area contributed by atoms with Gasteiger partial charge in [0.1, 0.15) is 0 Å². The third-order valence-corrected chi connectivity index (χ3v) is 14.6. The SMILES string of the molecule is c1ccc(N(c2ccc3c(c2)-c2ccccc2-c2ccccc2C32c3ccccc3-c3c2ccc2ccccc32)c2ccc3c(c2)N(c2ccccc2)c2ccccc2-c2ccccc2-3)cc1. The second kappa shape index (κ2) is 14.7. The molecular weight excluding hydrogens is 809 g/mol. The third kappa shape index (κ3) is 5.39. The lowest BCUT2D eigenvalue weighted by atomic mass is 9.65. The molecule has 0 amide bonds. The van der Waals surface area contributed by atoms with Crippen LogP contribution < -0.4 is 9.80 Å². The molecule has 0 saturated carbocycles. The molecule has 14 rings (SSSR count). The molecule has 312 valence electrons. The Hall–Kier alpha value is -8.72. The van der Waals surface area contributed by atoms with Crippen molar-refractivity contribution in [3.05, 3.63) is 277 Å². The highest BCUT2D eigenvalue weighted by Gasteiger charge is 2.50. The molecule has 0 N–H and O–H groups in total. The Morgan fingerprint density at radius 3 is 1.52 bits per heavy atom. The number of rotatable bonds is 4.